The molecule has 1 N–H and O–H groups in total. The summed E-state index contributed by atoms with van der Waals surface area (Å²) < 4.78 is 5.19. The van der Waals surface area contributed by atoms with E-state index in [1.807, 2.05) is 4.90 Å². The Kier molecular flexibility index (Phi) is 2.77. The molecule has 1 saturated heterocycles. The fourth-order valence-electron chi connectivity index (χ4n) is 1.50. The Morgan fingerprint density at radius 1 is 1.47 bits per heavy atom. The van der Waals surface area contributed by atoms with Crippen LogP contribution in [0.3, 0.4) is 0 Å². The van der Waals surface area contributed by atoms with Gasteiger partial charge in [0.25, 0.3) is 0 Å². The molecular weight excluding hydrogens is 198 g/mol. The Morgan fingerprint density at radius 2 is 2.20 bits per heavy atom. The lowest BCUT2D eigenvalue weighted by Gasteiger charge is -2.28. The quantitative estimate of drug-likeness (QED) is 0.739. The molecular formula is C9H11N3O3. The van der Waals surface area contributed by atoms with Gasteiger partial charge in [0, 0.05) is 19.3 Å². The molecule has 1 fully saturated rings. The number of aromatic carboxylic acids is 1. The average molecular weight is 209 g/mol. The third kappa shape index (κ3) is 2.04. The van der Waals surface area contributed by atoms with Crippen LogP contribution in [0.1, 0.15) is 10.4 Å². The molecule has 1 aliphatic rings. The van der Waals surface area contributed by atoms with E-state index in [4.69, 9.17) is 9.84 Å². The highest BCUT2D eigenvalue weighted by Crippen LogP contribution is 2.16. The summed E-state index contributed by atoms with van der Waals surface area (Å²) >= 11 is 0. The van der Waals surface area contributed by atoms with Gasteiger partial charge in [-0.3, -0.25) is 0 Å². The third-order valence-corrected chi connectivity index (χ3v) is 2.23. The minimum Gasteiger partial charge on any atom is -0.477 e. The molecule has 6 heteroatoms. The van der Waals surface area contributed by atoms with Crippen molar-refractivity contribution in [3.05, 3.63) is 18.1 Å². The fraction of sp³-hybridized carbons (Fsp3) is 0.444. The molecule has 0 bridgehead atoms. The van der Waals surface area contributed by atoms with E-state index in [9.17, 15) is 4.79 Å². The summed E-state index contributed by atoms with van der Waals surface area (Å²) in [5, 5.41) is 8.96. The van der Waals surface area contributed by atoms with Crippen LogP contribution >= 0.6 is 0 Å². The molecule has 1 aliphatic heterocycles. The van der Waals surface area contributed by atoms with Gasteiger partial charge in [0.05, 0.1) is 13.2 Å². The molecule has 15 heavy (non-hydrogen) atoms. The molecule has 0 radical (unpaired) electrons. The Morgan fingerprint density at radius 3 is 2.87 bits per heavy atom. The van der Waals surface area contributed by atoms with Crippen molar-refractivity contribution in [3.8, 4) is 0 Å². The van der Waals surface area contributed by atoms with Crippen LogP contribution in [-0.4, -0.2) is 47.3 Å². The van der Waals surface area contributed by atoms with Gasteiger partial charge in [0.15, 0.2) is 0 Å². The molecule has 2 heterocycles. The van der Waals surface area contributed by atoms with E-state index in [-0.39, 0.29) is 5.56 Å². The first-order valence-corrected chi connectivity index (χ1v) is 4.65. The summed E-state index contributed by atoms with van der Waals surface area (Å²) in [5.74, 6) is -0.530. The number of rotatable bonds is 2. The van der Waals surface area contributed by atoms with E-state index < -0.39 is 5.97 Å². The Bertz CT molecular complexity index is 363. The van der Waals surface area contributed by atoms with Crippen LogP contribution in [-0.2, 0) is 4.74 Å². The zero-order chi connectivity index (χ0) is 10.7. The number of morpholine rings is 1. The van der Waals surface area contributed by atoms with Gasteiger partial charge in [-0.05, 0) is 0 Å². The Labute approximate surface area is 86.5 Å². The van der Waals surface area contributed by atoms with Crippen LogP contribution in [0.2, 0.25) is 0 Å². The van der Waals surface area contributed by atoms with E-state index in [2.05, 4.69) is 9.97 Å². The highest BCUT2D eigenvalue weighted by atomic mass is 16.5. The lowest BCUT2D eigenvalue weighted by Crippen LogP contribution is -2.37. The number of hydrogen-bond acceptors (Lipinski definition) is 5. The first-order chi connectivity index (χ1) is 7.29. The molecule has 0 atom stereocenters. The molecule has 0 spiro atoms. The van der Waals surface area contributed by atoms with Crippen molar-refractivity contribution in [1.82, 2.24) is 9.97 Å². The van der Waals surface area contributed by atoms with Crippen molar-refractivity contribution in [2.45, 2.75) is 0 Å². The van der Waals surface area contributed by atoms with E-state index in [1.54, 1.807) is 0 Å². The molecule has 2 rings (SSSR count). The van der Waals surface area contributed by atoms with E-state index in [0.717, 1.165) is 0 Å². The second-order valence-corrected chi connectivity index (χ2v) is 3.16. The Hall–Kier alpha value is -1.69. The second kappa shape index (κ2) is 4.22. The van der Waals surface area contributed by atoms with Crippen LogP contribution in [0.4, 0.5) is 5.82 Å². The Balaban J connectivity index is 2.29. The number of carboxylic acids is 1. The standard InChI is InChI=1S/C9H11N3O3/c13-9(14)7-5-10-6-11-8(7)12-1-3-15-4-2-12/h5-6H,1-4H2,(H,13,14). The number of carboxylic acid groups (broad SMARTS) is 1. The largest absolute Gasteiger partial charge is 0.477 e. The van der Waals surface area contributed by atoms with Crippen molar-refractivity contribution >= 4 is 11.8 Å². The van der Waals surface area contributed by atoms with Gasteiger partial charge < -0.3 is 14.7 Å². The molecule has 1 aromatic rings. The zero-order valence-electron chi connectivity index (χ0n) is 8.09. The number of nitrogens with zero attached hydrogens (tertiary/aromatic N) is 3. The topological polar surface area (TPSA) is 75.5 Å². The maximum atomic E-state index is 10.9. The molecule has 0 aliphatic carbocycles. The number of ether oxygens (including phenoxy) is 1. The first kappa shape index (κ1) is 9.85. The second-order valence-electron chi connectivity index (χ2n) is 3.16. The highest BCUT2D eigenvalue weighted by Gasteiger charge is 2.19. The predicted molar refractivity (Wildman–Crippen MR) is 52.0 cm³/mol. The van der Waals surface area contributed by atoms with Gasteiger partial charge in [-0.2, -0.15) is 0 Å². The van der Waals surface area contributed by atoms with Crippen molar-refractivity contribution in [1.29, 1.82) is 0 Å². The lowest BCUT2D eigenvalue weighted by molar-refractivity contribution is 0.0695. The summed E-state index contributed by atoms with van der Waals surface area (Å²) in [6.07, 6.45) is 2.68. The molecule has 0 unspecified atom stereocenters. The summed E-state index contributed by atoms with van der Waals surface area (Å²) in [6, 6.07) is 0. The van der Waals surface area contributed by atoms with Gasteiger partial charge in [0.2, 0.25) is 0 Å². The van der Waals surface area contributed by atoms with Crippen LogP contribution < -0.4 is 4.90 Å². The smallest absolute Gasteiger partial charge is 0.341 e. The van der Waals surface area contributed by atoms with E-state index in [0.29, 0.717) is 32.1 Å². The van der Waals surface area contributed by atoms with Crippen LogP contribution in [0.15, 0.2) is 12.5 Å². The lowest BCUT2D eigenvalue weighted by atomic mass is 10.3. The van der Waals surface area contributed by atoms with E-state index >= 15 is 0 Å². The van der Waals surface area contributed by atoms with Gasteiger partial charge in [0.1, 0.15) is 17.7 Å². The third-order valence-electron chi connectivity index (χ3n) is 2.23. The van der Waals surface area contributed by atoms with Gasteiger partial charge in [-0.15, -0.1) is 0 Å². The molecule has 80 valence electrons. The summed E-state index contributed by atoms with van der Waals surface area (Å²) in [6.45, 7) is 2.53. The maximum Gasteiger partial charge on any atom is 0.341 e. The molecule has 0 aromatic carbocycles. The van der Waals surface area contributed by atoms with Crippen LogP contribution in [0.5, 0.6) is 0 Å². The van der Waals surface area contributed by atoms with Crippen molar-refractivity contribution < 1.29 is 14.6 Å². The minimum absolute atomic E-state index is 0.138. The first-order valence-electron chi connectivity index (χ1n) is 4.65. The van der Waals surface area contributed by atoms with Crippen molar-refractivity contribution in [2.75, 3.05) is 31.2 Å². The van der Waals surface area contributed by atoms with Gasteiger partial charge >= 0.3 is 5.97 Å². The maximum absolute atomic E-state index is 10.9. The number of aromatic nitrogens is 2. The summed E-state index contributed by atoms with van der Waals surface area (Å²) in [7, 11) is 0. The fourth-order valence-corrected chi connectivity index (χ4v) is 1.50. The normalized spacial score (nSPS) is 16.4. The number of carbonyl (C=O) groups is 1. The summed E-state index contributed by atoms with van der Waals surface area (Å²) in [4.78, 5) is 20.5. The van der Waals surface area contributed by atoms with Gasteiger partial charge in [-0.1, -0.05) is 0 Å². The minimum atomic E-state index is -1.00. The van der Waals surface area contributed by atoms with Crippen LogP contribution in [0.25, 0.3) is 0 Å². The molecule has 1 aromatic heterocycles. The zero-order valence-corrected chi connectivity index (χ0v) is 8.09. The number of anilines is 1. The van der Waals surface area contributed by atoms with Crippen molar-refractivity contribution in [3.63, 3.8) is 0 Å². The average Bonchev–Trinajstić information content (AvgIpc) is 2.30. The monoisotopic (exact) mass is 209 g/mol. The van der Waals surface area contributed by atoms with Crippen LogP contribution in [0, 0.1) is 0 Å². The predicted octanol–water partition coefficient (Wildman–Crippen LogP) is 0.0114. The van der Waals surface area contributed by atoms with Gasteiger partial charge in [-0.25, -0.2) is 14.8 Å². The number of hydrogen-bond donors (Lipinski definition) is 1. The van der Waals surface area contributed by atoms with Crippen molar-refractivity contribution in [2.24, 2.45) is 0 Å². The summed E-state index contributed by atoms with van der Waals surface area (Å²) in [5.41, 5.74) is 0.138. The highest BCUT2D eigenvalue weighted by molar-refractivity contribution is 5.92. The molecule has 6 nitrogen and oxygen atoms in total. The molecule has 0 saturated carbocycles. The SMILES string of the molecule is O=C(O)c1cncnc1N1CCOCC1. The van der Waals surface area contributed by atoms with E-state index in [1.165, 1.54) is 12.5 Å². The molecule has 0 amide bonds.